The van der Waals surface area contributed by atoms with Gasteiger partial charge in [0.15, 0.2) is 0 Å². The van der Waals surface area contributed by atoms with Crippen molar-refractivity contribution in [3.8, 4) is 5.75 Å². The van der Waals surface area contributed by atoms with Crippen LogP contribution in [-0.4, -0.2) is 18.2 Å². The number of hydrogen-bond acceptors (Lipinski definition) is 3. The Balaban J connectivity index is 1.92. The van der Waals surface area contributed by atoms with E-state index in [4.69, 9.17) is 0 Å². The van der Waals surface area contributed by atoms with E-state index >= 15 is 0 Å². The Labute approximate surface area is 135 Å². The summed E-state index contributed by atoms with van der Waals surface area (Å²) in [5.41, 5.74) is 5.80. The molecule has 0 heterocycles. The van der Waals surface area contributed by atoms with Gasteiger partial charge in [-0.05, 0) is 43.3 Å². The molecule has 126 valence electrons. The van der Waals surface area contributed by atoms with E-state index in [1.165, 1.54) is 0 Å². The number of aryl methyl sites for hydroxylation is 1. The number of carbonyl (C=O) groups is 2. The molecule has 0 fully saturated rings. The zero-order chi connectivity index (χ0) is 17.7. The fourth-order valence-corrected chi connectivity index (χ4v) is 1.77. The predicted octanol–water partition coefficient (Wildman–Crippen LogP) is 2.97. The number of alkyl halides is 3. The summed E-state index contributed by atoms with van der Waals surface area (Å²) < 4.78 is 39.8. The van der Waals surface area contributed by atoms with Crippen LogP contribution in [0.2, 0.25) is 0 Å². The minimum atomic E-state index is -4.80. The lowest BCUT2D eigenvalue weighted by Crippen LogP contribution is -2.41. The van der Waals surface area contributed by atoms with Gasteiger partial charge in [-0.15, -0.1) is 13.2 Å². The molecule has 0 aromatic heterocycles. The molecule has 0 aliphatic heterocycles. The molecule has 5 nitrogen and oxygen atoms in total. The van der Waals surface area contributed by atoms with Crippen LogP contribution in [0.25, 0.3) is 0 Å². The first-order chi connectivity index (χ1) is 11.2. The molecule has 0 radical (unpaired) electrons. The molecule has 24 heavy (non-hydrogen) atoms. The number of carbonyl (C=O) groups excluding carboxylic acids is 2. The minimum absolute atomic E-state index is 0.0636. The lowest BCUT2D eigenvalue weighted by atomic mass is 10.1. The third-order valence-electron chi connectivity index (χ3n) is 2.95. The SMILES string of the molecule is Cc1ccc(C(=O)NNC(=O)c2ccc(OC(F)(F)F)cc2)cc1. The smallest absolute Gasteiger partial charge is 0.406 e. The summed E-state index contributed by atoms with van der Waals surface area (Å²) in [6.07, 6.45) is -4.80. The third-order valence-corrected chi connectivity index (χ3v) is 2.95. The number of amides is 2. The van der Waals surface area contributed by atoms with E-state index in [0.29, 0.717) is 5.56 Å². The first-order valence-corrected chi connectivity index (χ1v) is 6.78. The van der Waals surface area contributed by atoms with Crippen LogP contribution in [-0.2, 0) is 0 Å². The minimum Gasteiger partial charge on any atom is -0.406 e. The van der Waals surface area contributed by atoms with E-state index in [2.05, 4.69) is 15.6 Å². The van der Waals surface area contributed by atoms with Gasteiger partial charge in [0.25, 0.3) is 11.8 Å². The molecule has 0 saturated heterocycles. The van der Waals surface area contributed by atoms with E-state index in [9.17, 15) is 22.8 Å². The van der Waals surface area contributed by atoms with Crippen molar-refractivity contribution in [3.63, 3.8) is 0 Å². The molecule has 8 heteroatoms. The molecule has 0 aliphatic rings. The molecule has 0 saturated carbocycles. The van der Waals surface area contributed by atoms with Gasteiger partial charge in [-0.1, -0.05) is 17.7 Å². The molecule has 2 amide bonds. The number of rotatable bonds is 3. The van der Waals surface area contributed by atoms with Gasteiger partial charge in [-0.2, -0.15) is 0 Å². The highest BCUT2D eigenvalue weighted by Gasteiger charge is 2.31. The van der Waals surface area contributed by atoms with Gasteiger partial charge in [-0.3, -0.25) is 20.4 Å². The molecular weight excluding hydrogens is 325 g/mol. The normalized spacial score (nSPS) is 10.8. The fourth-order valence-electron chi connectivity index (χ4n) is 1.77. The first-order valence-electron chi connectivity index (χ1n) is 6.78. The molecule has 2 aromatic carbocycles. The van der Waals surface area contributed by atoms with Crippen molar-refractivity contribution in [2.45, 2.75) is 13.3 Å². The van der Waals surface area contributed by atoms with E-state index in [1.807, 2.05) is 6.92 Å². The second-order valence-corrected chi connectivity index (χ2v) is 4.85. The maximum atomic E-state index is 12.0. The monoisotopic (exact) mass is 338 g/mol. The van der Waals surface area contributed by atoms with Crippen molar-refractivity contribution < 1.29 is 27.5 Å². The summed E-state index contributed by atoms with van der Waals surface area (Å²) in [5, 5.41) is 0. The Hall–Kier alpha value is -3.03. The lowest BCUT2D eigenvalue weighted by molar-refractivity contribution is -0.274. The van der Waals surface area contributed by atoms with Crippen molar-refractivity contribution in [3.05, 3.63) is 65.2 Å². The van der Waals surface area contributed by atoms with Crippen LogP contribution in [0.15, 0.2) is 48.5 Å². The van der Waals surface area contributed by atoms with Crippen molar-refractivity contribution in [2.75, 3.05) is 0 Å². The number of nitrogens with one attached hydrogen (secondary N) is 2. The van der Waals surface area contributed by atoms with E-state index in [-0.39, 0.29) is 5.56 Å². The van der Waals surface area contributed by atoms with Gasteiger partial charge in [0.05, 0.1) is 0 Å². The van der Waals surface area contributed by atoms with Crippen LogP contribution in [0.5, 0.6) is 5.75 Å². The van der Waals surface area contributed by atoms with Crippen LogP contribution in [0.4, 0.5) is 13.2 Å². The molecule has 0 aliphatic carbocycles. The Morgan fingerprint density at radius 2 is 1.25 bits per heavy atom. The Bertz CT molecular complexity index is 726. The van der Waals surface area contributed by atoms with Crippen LogP contribution in [0, 0.1) is 6.92 Å². The molecule has 0 spiro atoms. The zero-order valence-corrected chi connectivity index (χ0v) is 12.5. The van der Waals surface area contributed by atoms with E-state index in [0.717, 1.165) is 29.8 Å². The molecule has 2 N–H and O–H groups in total. The number of halogens is 3. The maximum Gasteiger partial charge on any atom is 0.573 e. The second kappa shape index (κ2) is 7.03. The fraction of sp³-hybridized carbons (Fsp3) is 0.125. The van der Waals surface area contributed by atoms with Crippen molar-refractivity contribution in [1.29, 1.82) is 0 Å². The topological polar surface area (TPSA) is 67.4 Å². The highest BCUT2D eigenvalue weighted by Crippen LogP contribution is 2.22. The summed E-state index contributed by atoms with van der Waals surface area (Å²) >= 11 is 0. The lowest BCUT2D eigenvalue weighted by Gasteiger charge is -2.10. The zero-order valence-electron chi connectivity index (χ0n) is 12.5. The van der Waals surface area contributed by atoms with Gasteiger partial charge in [0.1, 0.15) is 5.75 Å². The molecule has 0 bridgehead atoms. The number of hydrogen-bond donors (Lipinski definition) is 2. The Morgan fingerprint density at radius 1 is 0.833 bits per heavy atom. The average Bonchev–Trinajstić information content (AvgIpc) is 2.52. The highest BCUT2D eigenvalue weighted by atomic mass is 19.4. The van der Waals surface area contributed by atoms with Crippen LogP contribution < -0.4 is 15.6 Å². The van der Waals surface area contributed by atoms with Gasteiger partial charge in [0.2, 0.25) is 0 Å². The summed E-state index contributed by atoms with van der Waals surface area (Å²) in [5.74, 6) is -1.63. The molecule has 2 aromatic rings. The predicted molar refractivity (Wildman–Crippen MR) is 79.2 cm³/mol. The largest absolute Gasteiger partial charge is 0.573 e. The average molecular weight is 338 g/mol. The number of ether oxygens (including phenoxy) is 1. The summed E-state index contributed by atoms with van der Waals surface area (Å²) in [7, 11) is 0. The first kappa shape index (κ1) is 17.3. The van der Waals surface area contributed by atoms with Crippen molar-refractivity contribution in [2.24, 2.45) is 0 Å². The third kappa shape index (κ3) is 5.01. The Kier molecular flexibility index (Phi) is 5.08. The van der Waals surface area contributed by atoms with E-state index in [1.54, 1.807) is 24.3 Å². The molecular formula is C16H13F3N2O3. The highest BCUT2D eigenvalue weighted by molar-refractivity contribution is 5.99. The molecule has 0 atom stereocenters. The summed E-state index contributed by atoms with van der Waals surface area (Å²) in [6, 6.07) is 11.0. The van der Waals surface area contributed by atoms with Gasteiger partial charge < -0.3 is 4.74 Å². The van der Waals surface area contributed by atoms with Gasteiger partial charge in [-0.25, -0.2) is 0 Å². The van der Waals surface area contributed by atoms with Gasteiger partial charge >= 0.3 is 6.36 Å². The van der Waals surface area contributed by atoms with E-state index < -0.39 is 23.9 Å². The second-order valence-electron chi connectivity index (χ2n) is 4.85. The van der Waals surface area contributed by atoms with Crippen LogP contribution in [0.3, 0.4) is 0 Å². The van der Waals surface area contributed by atoms with Crippen LogP contribution >= 0.6 is 0 Å². The maximum absolute atomic E-state index is 12.0. The van der Waals surface area contributed by atoms with Gasteiger partial charge in [0, 0.05) is 11.1 Å². The summed E-state index contributed by atoms with van der Waals surface area (Å²) in [4.78, 5) is 23.7. The number of benzene rings is 2. The van der Waals surface area contributed by atoms with Crippen molar-refractivity contribution >= 4 is 11.8 Å². The summed E-state index contributed by atoms with van der Waals surface area (Å²) in [6.45, 7) is 1.87. The van der Waals surface area contributed by atoms with Crippen LogP contribution in [0.1, 0.15) is 26.3 Å². The quantitative estimate of drug-likeness (QED) is 0.846. The molecule has 0 unspecified atom stereocenters. The van der Waals surface area contributed by atoms with Crippen molar-refractivity contribution in [1.82, 2.24) is 10.9 Å². The standard InChI is InChI=1S/C16H13F3N2O3/c1-10-2-4-11(5-3-10)14(22)20-21-15(23)12-6-8-13(9-7-12)24-16(17,18)19/h2-9H,1H3,(H,20,22)(H,21,23). The Morgan fingerprint density at radius 3 is 1.67 bits per heavy atom. The molecule has 2 rings (SSSR count). The number of hydrazine groups is 1.